The van der Waals surface area contributed by atoms with Crippen molar-refractivity contribution >= 4 is 29.9 Å². The number of benzene rings is 1. The van der Waals surface area contributed by atoms with Crippen LogP contribution in [0.1, 0.15) is 28.9 Å². The summed E-state index contributed by atoms with van der Waals surface area (Å²) in [5.41, 5.74) is 2.24. The van der Waals surface area contributed by atoms with E-state index in [0.29, 0.717) is 16.6 Å². The zero-order valence-electron chi connectivity index (χ0n) is 13.8. The van der Waals surface area contributed by atoms with Crippen molar-refractivity contribution in [2.45, 2.75) is 25.8 Å². The first-order valence-corrected chi connectivity index (χ1v) is 8.25. The number of halogens is 2. The molecule has 1 unspecified atom stereocenters. The van der Waals surface area contributed by atoms with Crippen LogP contribution in [0, 0.1) is 6.92 Å². The number of likely N-dealkylation sites (N-methyl/N-ethyl adjacent to an activating group) is 1. The van der Waals surface area contributed by atoms with Crippen LogP contribution in [0.5, 0.6) is 0 Å². The van der Waals surface area contributed by atoms with Crippen LogP contribution < -0.4 is 5.32 Å². The summed E-state index contributed by atoms with van der Waals surface area (Å²) in [5.74, 6) is 0.0424. The van der Waals surface area contributed by atoms with Gasteiger partial charge in [0.15, 0.2) is 0 Å². The first kappa shape index (κ1) is 18.8. The minimum absolute atomic E-state index is 0. The highest BCUT2D eigenvalue weighted by molar-refractivity contribution is 6.32. The van der Waals surface area contributed by atoms with Crippen LogP contribution in [0.25, 0.3) is 5.69 Å². The Morgan fingerprint density at radius 1 is 1.38 bits per heavy atom. The van der Waals surface area contributed by atoms with Crippen molar-refractivity contribution in [1.29, 1.82) is 0 Å². The molecule has 0 aliphatic carbocycles. The monoisotopic (exact) mass is 368 g/mol. The molecule has 1 aliphatic rings. The summed E-state index contributed by atoms with van der Waals surface area (Å²) in [4.78, 5) is 14.7. The number of likely N-dealkylation sites (tertiary alicyclic amines) is 1. The van der Waals surface area contributed by atoms with Gasteiger partial charge in [0.25, 0.3) is 5.91 Å². The summed E-state index contributed by atoms with van der Waals surface area (Å²) >= 11 is 6.24. The third kappa shape index (κ3) is 3.58. The summed E-state index contributed by atoms with van der Waals surface area (Å²) in [7, 11) is 1.94. The second-order valence-electron chi connectivity index (χ2n) is 5.89. The van der Waals surface area contributed by atoms with E-state index < -0.39 is 0 Å². The SMILES string of the molecule is CNC1CCCN(C(=O)c2cnn(-c3ccccc3Cl)c2C)C1.Cl. The molecule has 0 bridgehead atoms. The Balaban J connectivity index is 0.00000208. The van der Waals surface area contributed by atoms with Gasteiger partial charge in [-0.25, -0.2) is 4.68 Å². The normalized spacial score (nSPS) is 17.5. The molecule has 7 heteroatoms. The van der Waals surface area contributed by atoms with Crippen LogP contribution in [0.3, 0.4) is 0 Å². The maximum atomic E-state index is 12.8. The van der Waals surface area contributed by atoms with E-state index in [1.807, 2.05) is 43.1 Å². The van der Waals surface area contributed by atoms with Crippen molar-refractivity contribution in [2.75, 3.05) is 20.1 Å². The Bertz CT molecular complexity index is 716. The smallest absolute Gasteiger partial charge is 0.257 e. The van der Waals surface area contributed by atoms with E-state index in [2.05, 4.69) is 10.4 Å². The van der Waals surface area contributed by atoms with Crippen LogP contribution in [-0.2, 0) is 0 Å². The van der Waals surface area contributed by atoms with Crippen molar-refractivity contribution in [1.82, 2.24) is 20.0 Å². The summed E-state index contributed by atoms with van der Waals surface area (Å²) in [6.45, 7) is 3.45. The Labute approximate surface area is 153 Å². The van der Waals surface area contributed by atoms with Crippen LogP contribution in [0.15, 0.2) is 30.5 Å². The Hall–Kier alpha value is -1.56. The number of carbonyl (C=O) groups excluding carboxylic acids is 1. The Kier molecular flexibility index (Phi) is 6.27. The van der Waals surface area contributed by atoms with Crippen LogP contribution in [0.2, 0.25) is 5.02 Å². The molecular weight excluding hydrogens is 347 g/mol. The summed E-state index contributed by atoms with van der Waals surface area (Å²) < 4.78 is 1.73. The molecule has 0 saturated carbocycles. The van der Waals surface area contributed by atoms with E-state index in [0.717, 1.165) is 37.3 Å². The lowest BCUT2D eigenvalue weighted by Gasteiger charge is -2.32. The van der Waals surface area contributed by atoms with Crippen molar-refractivity contribution in [2.24, 2.45) is 0 Å². The van der Waals surface area contributed by atoms with Crippen molar-refractivity contribution < 1.29 is 4.79 Å². The van der Waals surface area contributed by atoms with Crippen molar-refractivity contribution in [3.05, 3.63) is 46.7 Å². The van der Waals surface area contributed by atoms with Gasteiger partial charge in [0.1, 0.15) is 0 Å². The molecule has 24 heavy (non-hydrogen) atoms. The van der Waals surface area contributed by atoms with Gasteiger partial charge in [0.2, 0.25) is 0 Å². The average molecular weight is 369 g/mol. The molecule has 2 heterocycles. The summed E-state index contributed by atoms with van der Waals surface area (Å²) in [6.07, 6.45) is 3.77. The highest BCUT2D eigenvalue weighted by Crippen LogP contribution is 2.23. The number of carbonyl (C=O) groups is 1. The first-order valence-electron chi connectivity index (χ1n) is 7.88. The Morgan fingerprint density at radius 2 is 2.12 bits per heavy atom. The number of piperidine rings is 1. The van der Waals surface area contributed by atoms with Gasteiger partial charge in [0, 0.05) is 19.1 Å². The van der Waals surface area contributed by atoms with E-state index in [1.165, 1.54) is 0 Å². The second-order valence-corrected chi connectivity index (χ2v) is 6.29. The molecule has 1 aliphatic heterocycles. The van der Waals surface area contributed by atoms with Gasteiger partial charge in [-0.2, -0.15) is 5.10 Å². The van der Waals surface area contributed by atoms with E-state index in [4.69, 9.17) is 11.6 Å². The molecule has 3 rings (SSSR count). The fraction of sp³-hybridized carbons (Fsp3) is 0.412. The summed E-state index contributed by atoms with van der Waals surface area (Å²) in [6, 6.07) is 7.87. The van der Waals surface area contributed by atoms with Crippen LogP contribution in [0.4, 0.5) is 0 Å². The molecule has 1 aromatic carbocycles. The van der Waals surface area contributed by atoms with Gasteiger partial charge >= 0.3 is 0 Å². The number of hydrogen-bond acceptors (Lipinski definition) is 3. The lowest BCUT2D eigenvalue weighted by Crippen LogP contribution is -2.47. The molecule has 2 aromatic rings. The molecule has 1 aromatic heterocycles. The van der Waals surface area contributed by atoms with Gasteiger partial charge < -0.3 is 10.2 Å². The molecular formula is C17H22Cl2N4O. The number of para-hydroxylation sites is 1. The predicted octanol–water partition coefficient (Wildman–Crippen LogP) is 3.08. The fourth-order valence-corrected chi connectivity index (χ4v) is 3.27. The molecule has 1 amide bonds. The largest absolute Gasteiger partial charge is 0.337 e. The van der Waals surface area contributed by atoms with Crippen LogP contribution >= 0.6 is 24.0 Å². The zero-order chi connectivity index (χ0) is 16.4. The quantitative estimate of drug-likeness (QED) is 0.905. The molecule has 0 radical (unpaired) electrons. The lowest BCUT2D eigenvalue weighted by molar-refractivity contribution is 0.0697. The first-order chi connectivity index (χ1) is 11.1. The van der Waals surface area contributed by atoms with Gasteiger partial charge in [0.05, 0.1) is 28.2 Å². The topological polar surface area (TPSA) is 50.2 Å². The van der Waals surface area contributed by atoms with Gasteiger partial charge in [-0.1, -0.05) is 23.7 Å². The highest BCUT2D eigenvalue weighted by Gasteiger charge is 2.26. The van der Waals surface area contributed by atoms with Gasteiger partial charge in [-0.05, 0) is 38.9 Å². The molecule has 5 nitrogen and oxygen atoms in total. The molecule has 1 N–H and O–H groups in total. The molecule has 1 fully saturated rings. The standard InChI is InChI=1S/C17H21ClN4O.ClH/c1-12-14(17(23)21-9-5-6-13(11-21)19-2)10-20-22(12)16-8-4-3-7-15(16)18;/h3-4,7-8,10,13,19H,5-6,9,11H2,1-2H3;1H. The number of amides is 1. The lowest BCUT2D eigenvalue weighted by atomic mass is 10.0. The number of nitrogens with zero attached hydrogens (tertiary/aromatic N) is 3. The number of hydrogen-bond donors (Lipinski definition) is 1. The number of nitrogens with one attached hydrogen (secondary N) is 1. The minimum Gasteiger partial charge on any atom is -0.337 e. The molecule has 130 valence electrons. The summed E-state index contributed by atoms with van der Waals surface area (Å²) in [5, 5.41) is 8.25. The Morgan fingerprint density at radius 3 is 2.83 bits per heavy atom. The maximum Gasteiger partial charge on any atom is 0.257 e. The highest BCUT2D eigenvalue weighted by atomic mass is 35.5. The van der Waals surface area contributed by atoms with Gasteiger partial charge in [-0.15, -0.1) is 12.4 Å². The fourth-order valence-electron chi connectivity index (χ4n) is 3.05. The van der Waals surface area contributed by atoms with Crippen molar-refractivity contribution in [3.8, 4) is 5.69 Å². The van der Waals surface area contributed by atoms with E-state index in [9.17, 15) is 4.79 Å². The zero-order valence-corrected chi connectivity index (χ0v) is 15.4. The van der Waals surface area contributed by atoms with E-state index in [1.54, 1.807) is 10.9 Å². The average Bonchev–Trinajstić information content (AvgIpc) is 2.96. The van der Waals surface area contributed by atoms with Gasteiger partial charge in [-0.3, -0.25) is 4.79 Å². The molecule has 1 atom stereocenters. The molecule has 0 spiro atoms. The molecule has 1 saturated heterocycles. The van der Waals surface area contributed by atoms with E-state index in [-0.39, 0.29) is 18.3 Å². The van der Waals surface area contributed by atoms with Crippen LogP contribution in [-0.4, -0.2) is 46.8 Å². The predicted molar refractivity (Wildman–Crippen MR) is 98.5 cm³/mol. The number of rotatable bonds is 3. The third-order valence-corrected chi connectivity index (χ3v) is 4.76. The third-order valence-electron chi connectivity index (χ3n) is 4.44. The maximum absolute atomic E-state index is 12.8. The minimum atomic E-state index is 0. The second kappa shape index (κ2) is 8.01. The van der Waals surface area contributed by atoms with E-state index >= 15 is 0 Å². The van der Waals surface area contributed by atoms with Crippen molar-refractivity contribution in [3.63, 3.8) is 0 Å². The number of aromatic nitrogens is 2.